The molecule has 0 aliphatic carbocycles. The van der Waals surface area contributed by atoms with Gasteiger partial charge < -0.3 is 14.2 Å². The average molecular weight is 472 g/mol. The molecule has 1 fully saturated rings. The summed E-state index contributed by atoms with van der Waals surface area (Å²) in [5, 5.41) is 0. The summed E-state index contributed by atoms with van der Waals surface area (Å²) in [4.78, 5) is 16.0. The molecule has 5 nitrogen and oxygen atoms in total. The van der Waals surface area contributed by atoms with Gasteiger partial charge in [0.05, 0.1) is 14.2 Å². The van der Waals surface area contributed by atoms with Crippen molar-refractivity contribution in [3.05, 3.63) is 89.5 Å². The van der Waals surface area contributed by atoms with Gasteiger partial charge in [-0.05, 0) is 91.7 Å². The fourth-order valence-corrected chi connectivity index (χ4v) is 4.25. The largest absolute Gasteiger partial charge is 0.497 e. The third-order valence-electron chi connectivity index (χ3n) is 6.31. The summed E-state index contributed by atoms with van der Waals surface area (Å²) in [5.41, 5.74) is 2.97. The molecule has 0 atom stereocenters. The molecule has 0 aromatic heterocycles. The minimum atomic E-state index is -0.0559. The molecule has 1 heterocycles. The Hall–Kier alpha value is -3.57. The van der Waals surface area contributed by atoms with E-state index < -0.39 is 0 Å². The maximum atomic E-state index is 13.5. The highest BCUT2D eigenvalue weighted by atomic mass is 16.5. The van der Waals surface area contributed by atoms with Crippen molar-refractivity contribution in [2.24, 2.45) is 0 Å². The van der Waals surface area contributed by atoms with E-state index in [-0.39, 0.29) is 5.78 Å². The molecule has 1 aliphatic rings. The van der Waals surface area contributed by atoms with Gasteiger partial charge in [-0.1, -0.05) is 30.7 Å². The van der Waals surface area contributed by atoms with E-state index in [9.17, 15) is 4.79 Å². The van der Waals surface area contributed by atoms with Crippen molar-refractivity contribution in [3.63, 3.8) is 0 Å². The van der Waals surface area contributed by atoms with Gasteiger partial charge in [-0.25, -0.2) is 0 Å². The predicted octanol–water partition coefficient (Wildman–Crippen LogP) is 5.99. The summed E-state index contributed by atoms with van der Waals surface area (Å²) < 4.78 is 16.5. The lowest BCUT2D eigenvalue weighted by atomic mass is 9.94. The number of rotatable bonds is 10. The first-order chi connectivity index (χ1) is 17.2. The number of benzene rings is 3. The van der Waals surface area contributed by atoms with E-state index in [1.165, 1.54) is 32.4 Å². The fraction of sp³-hybridized carbons (Fsp3) is 0.300. The monoisotopic (exact) mass is 471 g/mol. The molecule has 0 amide bonds. The summed E-state index contributed by atoms with van der Waals surface area (Å²) in [6, 6.07) is 22.6. The molecular formula is C30H33NO4. The number of carbonyl (C=O) groups is 1. The Morgan fingerprint density at radius 3 is 1.86 bits per heavy atom. The van der Waals surface area contributed by atoms with E-state index in [4.69, 9.17) is 14.2 Å². The second-order valence-electron chi connectivity index (χ2n) is 8.66. The summed E-state index contributed by atoms with van der Waals surface area (Å²) >= 11 is 0. The molecule has 0 N–H and O–H groups in total. The van der Waals surface area contributed by atoms with Gasteiger partial charge in [-0.3, -0.25) is 9.69 Å². The van der Waals surface area contributed by atoms with Gasteiger partial charge in [0.2, 0.25) is 0 Å². The molecule has 4 rings (SSSR count). The Bertz CT molecular complexity index is 1110. The molecule has 0 saturated carbocycles. The summed E-state index contributed by atoms with van der Waals surface area (Å²) in [7, 11) is 3.24. The quantitative estimate of drug-likeness (QED) is 0.206. The average Bonchev–Trinajstić information content (AvgIpc) is 2.93. The number of ketones is 1. The summed E-state index contributed by atoms with van der Waals surface area (Å²) in [6.45, 7) is 3.98. The predicted molar refractivity (Wildman–Crippen MR) is 140 cm³/mol. The molecule has 1 saturated heterocycles. The van der Waals surface area contributed by atoms with Crippen LogP contribution in [0.3, 0.4) is 0 Å². The Morgan fingerprint density at radius 1 is 0.743 bits per heavy atom. The van der Waals surface area contributed by atoms with E-state index >= 15 is 0 Å². The second-order valence-corrected chi connectivity index (χ2v) is 8.66. The van der Waals surface area contributed by atoms with Crippen LogP contribution in [0.4, 0.5) is 0 Å². The number of methoxy groups -OCH3 is 2. The topological polar surface area (TPSA) is 48.0 Å². The van der Waals surface area contributed by atoms with Crippen LogP contribution >= 0.6 is 0 Å². The summed E-state index contributed by atoms with van der Waals surface area (Å²) in [5.74, 6) is 2.25. The van der Waals surface area contributed by atoms with E-state index in [1.807, 2.05) is 54.6 Å². The molecule has 0 radical (unpaired) electrons. The first kappa shape index (κ1) is 24.6. The van der Waals surface area contributed by atoms with Gasteiger partial charge in [0.15, 0.2) is 5.78 Å². The fourth-order valence-electron chi connectivity index (χ4n) is 4.25. The van der Waals surface area contributed by atoms with Crippen LogP contribution in [0.2, 0.25) is 0 Å². The van der Waals surface area contributed by atoms with Crippen LogP contribution in [0.1, 0.15) is 40.7 Å². The van der Waals surface area contributed by atoms with E-state index in [0.717, 1.165) is 29.2 Å². The van der Waals surface area contributed by atoms with Crippen molar-refractivity contribution in [1.29, 1.82) is 0 Å². The van der Waals surface area contributed by atoms with Crippen molar-refractivity contribution in [3.8, 4) is 17.2 Å². The third kappa shape index (κ3) is 6.74. The van der Waals surface area contributed by atoms with Gasteiger partial charge in [0, 0.05) is 17.7 Å². The molecule has 0 unspecified atom stereocenters. The van der Waals surface area contributed by atoms with Gasteiger partial charge in [-0.15, -0.1) is 0 Å². The smallest absolute Gasteiger partial charge is 0.193 e. The van der Waals surface area contributed by atoms with Crippen LogP contribution in [0, 0.1) is 0 Å². The van der Waals surface area contributed by atoms with Crippen molar-refractivity contribution < 1.29 is 19.0 Å². The Kier molecular flexibility index (Phi) is 8.58. The number of hydrogen-bond donors (Lipinski definition) is 0. The Morgan fingerprint density at radius 2 is 1.29 bits per heavy atom. The van der Waals surface area contributed by atoms with Crippen LogP contribution in [0.25, 0.3) is 11.6 Å². The van der Waals surface area contributed by atoms with E-state index in [1.54, 1.807) is 38.5 Å². The molecular weight excluding hydrogens is 438 g/mol. The number of likely N-dealkylation sites (tertiary alicyclic amines) is 1. The molecule has 0 spiro atoms. The number of nitrogens with zero attached hydrogens (tertiary/aromatic N) is 1. The first-order valence-electron chi connectivity index (χ1n) is 12.2. The third-order valence-corrected chi connectivity index (χ3v) is 6.31. The Labute approximate surface area is 207 Å². The van der Waals surface area contributed by atoms with Crippen molar-refractivity contribution in [2.75, 3.05) is 40.5 Å². The van der Waals surface area contributed by atoms with Crippen LogP contribution in [-0.4, -0.2) is 51.1 Å². The van der Waals surface area contributed by atoms with Gasteiger partial charge >= 0.3 is 0 Å². The number of ether oxygens (including phenoxy) is 3. The van der Waals surface area contributed by atoms with Crippen molar-refractivity contribution in [1.82, 2.24) is 4.90 Å². The lowest BCUT2D eigenvalue weighted by Crippen LogP contribution is -2.33. The summed E-state index contributed by atoms with van der Waals surface area (Å²) in [6.07, 6.45) is 5.83. The number of Topliss-reactive ketones (excluding diaryl/α,β-unsaturated/α-hetero) is 1. The lowest BCUT2D eigenvalue weighted by Gasteiger charge is -2.26. The number of carbonyl (C=O) groups excluding carboxylic acids is 1. The van der Waals surface area contributed by atoms with Gasteiger partial charge in [0.25, 0.3) is 0 Å². The van der Waals surface area contributed by atoms with Gasteiger partial charge in [-0.2, -0.15) is 0 Å². The molecule has 5 heteroatoms. The highest BCUT2D eigenvalue weighted by molar-refractivity contribution is 6.32. The molecule has 182 valence electrons. The molecule has 35 heavy (non-hydrogen) atoms. The molecule has 0 bridgehead atoms. The van der Waals surface area contributed by atoms with Crippen LogP contribution in [-0.2, 0) is 0 Å². The zero-order valence-corrected chi connectivity index (χ0v) is 20.5. The molecule has 1 aliphatic heterocycles. The van der Waals surface area contributed by atoms with Crippen LogP contribution < -0.4 is 14.2 Å². The second kappa shape index (κ2) is 12.2. The molecule has 3 aromatic carbocycles. The Balaban J connectivity index is 1.51. The minimum absolute atomic E-state index is 0.0559. The zero-order chi connectivity index (χ0) is 24.5. The van der Waals surface area contributed by atoms with E-state index in [0.29, 0.717) is 23.5 Å². The maximum Gasteiger partial charge on any atom is 0.193 e. The highest BCUT2D eigenvalue weighted by Gasteiger charge is 2.15. The normalized spacial score (nSPS) is 14.4. The van der Waals surface area contributed by atoms with Crippen molar-refractivity contribution >= 4 is 17.4 Å². The van der Waals surface area contributed by atoms with Crippen molar-refractivity contribution in [2.45, 2.75) is 19.3 Å². The number of piperidine rings is 1. The number of hydrogen-bond acceptors (Lipinski definition) is 5. The standard InChI is InChI=1S/C30H33NO4/c1-33-26-14-8-24(9-15-26)29(30(32)25-10-16-27(34-2)17-11-25)22-23-6-12-28(13-7-23)35-21-20-31-18-4-3-5-19-31/h6-17,22H,3-5,18-21H2,1-2H3. The minimum Gasteiger partial charge on any atom is -0.497 e. The van der Waals surface area contributed by atoms with E-state index in [2.05, 4.69) is 4.90 Å². The number of allylic oxidation sites excluding steroid dienone is 1. The maximum absolute atomic E-state index is 13.5. The highest BCUT2D eigenvalue weighted by Crippen LogP contribution is 2.26. The van der Waals surface area contributed by atoms with Gasteiger partial charge in [0.1, 0.15) is 23.9 Å². The lowest BCUT2D eigenvalue weighted by molar-refractivity contribution is 0.105. The zero-order valence-electron chi connectivity index (χ0n) is 20.5. The van der Waals surface area contributed by atoms with Crippen LogP contribution in [0.15, 0.2) is 72.8 Å². The first-order valence-corrected chi connectivity index (χ1v) is 12.2. The SMILES string of the molecule is COc1ccc(C(=O)C(=Cc2ccc(OCCN3CCCCC3)cc2)c2ccc(OC)cc2)cc1. The molecule has 3 aromatic rings. The van der Waals surface area contributed by atoms with Crippen LogP contribution in [0.5, 0.6) is 17.2 Å².